The maximum atomic E-state index is 12.7. The number of rotatable bonds is 5. The minimum absolute atomic E-state index is 0.0159. The smallest absolute Gasteiger partial charge is 0.288 e. The molecule has 174 valence electrons. The number of hydrogen-bond donors (Lipinski definition) is 2. The zero-order chi connectivity index (χ0) is 23.0. The molecule has 3 heterocycles. The zero-order valence-corrected chi connectivity index (χ0v) is 19.3. The summed E-state index contributed by atoms with van der Waals surface area (Å²) in [6, 6.07) is 4.48. The predicted molar refractivity (Wildman–Crippen MR) is 118 cm³/mol. The largest absolute Gasteiger partial charge is 0.440 e. The number of oxazole rings is 1. The lowest BCUT2D eigenvalue weighted by molar-refractivity contribution is 0.0742. The Balaban J connectivity index is 1.11. The first-order valence-corrected chi connectivity index (χ1v) is 12.9. The van der Waals surface area contributed by atoms with E-state index in [2.05, 4.69) is 15.3 Å². The summed E-state index contributed by atoms with van der Waals surface area (Å²) >= 11 is 5.98. The highest BCUT2D eigenvalue weighted by molar-refractivity contribution is 7.92. The van der Waals surface area contributed by atoms with Gasteiger partial charge in [-0.05, 0) is 68.6 Å². The molecular formula is C22H23ClN4O5S. The van der Waals surface area contributed by atoms with Crippen LogP contribution in [0.15, 0.2) is 38.3 Å². The lowest BCUT2D eigenvalue weighted by Crippen LogP contribution is -2.55. The maximum Gasteiger partial charge on any atom is 0.288 e. The molecule has 3 saturated carbocycles. The number of hydrogen-bond acceptors (Lipinski definition) is 8. The number of nitrogens with zero attached hydrogens (tertiary/aromatic N) is 2. The predicted octanol–water partition coefficient (Wildman–Crippen LogP) is 3.54. The highest BCUT2D eigenvalue weighted by Crippen LogP contribution is 2.61. The molecule has 0 unspecified atom stereocenters. The molecule has 1 spiro atoms. The molecule has 3 aromatic rings. The lowest BCUT2D eigenvalue weighted by Gasteiger charge is -2.45. The van der Waals surface area contributed by atoms with Crippen molar-refractivity contribution in [3.8, 4) is 0 Å². The SMILES string of the molecule is N[C@]1(NC(=O)c2ccc(S(=O)(=O)C3CC3)o2)CC[C@]2(C1)C[C@@H](c1nc3cc(Cl)cnc3o1)C2. The Morgan fingerprint density at radius 2 is 2.00 bits per heavy atom. The number of nitrogens with one attached hydrogen (secondary N) is 1. The number of nitrogens with two attached hydrogens (primary N) is 1. The van der Waals surface area contributed by atoms with E-state index in [0.29, 0.717) is 47.8 Å². The van der Waals surface area contributed by atoms with Crippen LogP contribution < -0.4 is 11.1 Å². The molecule has 3 N–H and O–H groups in total. The molecule has 9 nitrogen and oxygen atoms in total. The average molecular weight is 491 g/mol. The summed E-state index contributed by atoms with van der Waals surface area (Å²) in [5.41, 5.74) is 6.80. The average Bonchev–Trinajstić information content (AvgIpc) is 3.18. The van der Waals surface area contributed by atoms with Gasteiger partial charge in [-0.1, -0.05) is 11.6 Å². The Hall–Kier alpha value is -2.43. The number of fused-ring (bicyclic) bond motifs is 1. The standard InChI is InChI=1S/C22H23ClN4O5S/c23-13-7-15-20(25-10-13)32-19(26-15)12-8-21(9-12)5-6-22(24,11-21)27-18(28)16-3-4-17(31-16)33(29,30)14-1-2-14/h3-4,7,10,12,14H,1-2,5-6,8-9,11,24H2,(H,27,28)/t12-,21+,22-/m0/s1. The van der Waals surface area contributed by atoms with Crippen LogP contribution in [0.4, 0.5) is 0 Å². The summed E-state index contributed by atoms with van der Waals surface area (Å²) in [5.74, 6) is 0.300. The molecule has 1 atom stereocenters. The Morgan fingerprint density at radius 3 is 2.76 bits per heavy atom. The van der Waals surface area contributed by atoms with Gasteiger partial charge in [-0.15, -0.1) is 0 Å². The lowest BCUT2D eigenvalue weighted by atomic mass is 9.60. The van der Waals surface area contributed by atoms with Crippen molar-refractivity contribution in [1.82, 2.24) is 15.3 Å². The molecule has 3 aliphatic carbocycles. The Labute approximate surface area is 195 Å². The van der Waals surface area contributed by atoms with E-state index in [1.54, 1.807) is 6.07 Å². The van der Waals surface area contributed by atoms with Gasteiger partial charge in [0, 0.05) is 12.1 Å². The van der Waals surface area contributed by atoms with Crippen molar-refractivity contribution in [1.29, 1.82) is 0 Å². The molecule has 3 fully saturated rings. The van der Waals surface area contributed by atoms with Gasteiger partial charge in [0.15, 0.2) is 5.76 Å². The van der Waals surface area contributed by atoms with Crippen molar-refractivity contribution < 1.29 is 22.0 Å². The summed E-state index contributed by atoms with van der Waals surface area (Å²) in [6.45, 7) is 0. The van der Waals surface area contributed by atoms with E-state index in [4.69, 9.17) is 26.2 Å². The second-order valence-corrected chi connectivity index (χ2v) is 12.4. The Bertz CT molecular complexity index is 1370. The van der Waals surface area contributed by atoms with Gasteiger partial charge >= 0.3 is 0 Å². The van der Waals surface area contributed by atoms with Crippen molar-refractivity contribution in [2.24, 2.45) is 11.1 Å². The fourth-order valence-corrected chi connectivity index (χ4v) is 7.07. The summed E-state index contributed by atoms with van der Waals surface area (Å²) < 4.78 is 35.8. The molecule has 0 saturated heterocycles. The molecule has 11 heteroatoms. The van der Waals surface area contributed by atoms with Gasteiger partial charge in [-0.3, -0.25) is 4.79 Å². The second-order valence-electron chi connectivity index (χ2n) is 9.79. The number of aromatic nitrogens is 2. The van der Waals surface area contributed by atoms with Gasteiger partial charge in [0.25, 0.3) is 5.91 Å². The molecule has 3 aliphatic rings. The van der Waals surface area contributed by atoms with Gasteiger partial charge in [0.05, 0.1) is 15.9 Å². The molecule has 0 bridgehead atoms. The number of amides is 1. The first-order chi connectivity index (χ1) is 15.6. The fourth-order valence-electron chi connectivity index (χ4n) is 5.36. The van der Waals surface area contributed by atoms with Crippen LogP contribution in [-0.4, -0.2) is 35.2 Å². The molecule has 3 aromatic heterocycles. The monoisotopic (exact) mass is 490 g/mol. The van der Waals surface area contributed by atoms with E-state index < -0.39 is 26.7 Å². The van der Waals surface area contributed by atoms with Crippen LogP contribution in [0.3, 0.4) is 0 Å². The van der Waals surface area contributed by atoms with E-state index in [1.165, 1.54) is 18.3 Å². The second kappa shape index (κ2) is 7.04. The van der Waals surface area contributed by atoms with Crippen LogP contribution >= 0.6 is 11.6 Å². The van der Waals surface area contributed by atoms with Crippen LogP contribution in [0.1, 0.15) is 67.3 Å². The number of carbonyl (C=O) groups is 1. The maximum absolute atomic E-state index is 12.7. The van der Waals surface area contributed by atoms with Crippen LogP contribution in [0.25, 0.3) is 11.2 Å². The Morgan fingerprint density at radius 1 is 1.21 bits per heavy atom. The summed E-state index contributed by atoms with van der Waals surface area (Å²) in [4.78, 5) is 21.4. The minimum Gasteiger partial charge on any atom is -0.440 e. The van der Waals surface area contributed by atoms with E-state index in [-0.39, 0.29) is 22.2 Å². The molecule has 0 radical (unpaired) electrons. The zero-order valence-electron chi connectivity index (χ0n) is 17.7. The van der Waals surface area contributed by atoms with Gasteiger partial charge in [-0.2, -0.15) is 0 Å². The van der Waals surface area contributed by atoms with Crippen molar-refractivity contribution in [3.63, 3.8) is 0 Å². The van der Waals surface area contributed by atoms with Gasteiger partial charge < -0.3 is 19.9 Å². The van der Waals surface area contributed by atoms with E-state index in [1.807, 2.05) is 0 Å². The molecule has 0 aliphatic heterocycles. The summed E-state index contributed by atoms with van der Waals surface area (Å²) in [6.07, 6.45) is 6.67. The van der Waals surface area contributed by atoms with E-state index in [9.17, 15) is 13.2 Å². The van der Waals surface area contributed by atoms with Crippen LogP contribution in [-0.2, 0) is 9.84 Å². The normalized spacial score (nSPS) is 29.5. The van der Waals surface area contributed by atoms with E-state index >= 15 is 0 Å². The van der Waals surface area contributed by atoms with Crippen LogP contribution in [0.2, 0.25) is 5.02 Å². The number of halogens is 1. The topological polar surface area (TPSA) is 141 Å². The first-order valence-electron chi connectivity index (χ1n) is 11.0. The third-order valence-electron chi connectivity index (χ3n) is 7.14. The number of furan rings is 1. The molecule has 1 amide bonds. The third kappa shape index (κ3) is 3.64. The number of pyridine rings is 1. The minimum atomic E-state index is -3.48. The molecule has 0 aromatic carbocycles. The number of sulfone groups is 1. The highest BCUT2D eigenvalue weighted by Gasteiger charge is 2.55. The van der Waals surface area contributed by atoms with Crippen molar-refractivity contribution in [3.05, 3.63) is 41.1 Å². The summed E-state index contributed by atoms with van der Waals surface area (Å²) in [5, 5.41) is 2.84. The quantitative estimate of drug-likeness (QED) is 0.517. The first kappa shape index (κ1) is 21.1. The molecule has 6 rings (SSSR count). The van der Waals surface area contributed by atoms with Gasteiger partial charge in [-0.25, -0.2) is 18.4 Å². The molecule has 33 heavy (non-hydrogen) atoms. The van der Waals surface area contributed by atoms with Crippen molar-refractivity contribution in [2.75, 3.05) is 0 Å². The van der Waals surface area contributed by atoms with Gasteiger partial charge in [0.1, 0.15) is 5.52 Å². The van der Waals surface area contributed by atoms with E-state index in [0.717, 1.165) is 19.3 Å². The summed E-state index contributed by atoms with van der Waals surface area (Å²) in [7, 11) is -3.48. The highest BCUT2D eigenvalue weighted by atomic mass is 35.5. The van der Waals surface area contributed by atoms with Crippen LogP contribution in [0, 0.1) is 5.41 Å². The number of carbonyl (C=O) groups excluding carboxylic acids is 1. The van der Waals surface area contributed by atoms with Crippen LogP contribution in [0.5, 0.6) is 0 Å². The van der Waals surface area contributed by atoms with Gasteiger partial charge in [0.2, 0.25) is 26.5 Å². The third-order valence-corrected chi connectivity index (χ3v) is 9.48. The molecular weight excluding hydrogens is 468 g/mol. The Kier molecular flexibility index (Phi) is 4.50. The fraction of sp³-hybridized carbons (Fsp3) is 0.500. The van der Waals surface area contributed by atoms with Crippen molar-refractivity contribution >= 4 is 38.6 Å². The van der Waals surface area contributed by atoms with Crippen molar-refractivity contribution in [2.45, 2.75) is 66.9 Å².